The van der Waals surface area contributed by atoms with Crippen molar-refractivity contribution in [1.29, 1.82) is 0 Å². The summed E-state index contributed by atoms with van der Waals surface area (Å²) in [6.45, 7) is 17.7. The Kier molecular flexibility index (Phi) is 9.88. The van der Waals surface area contributed by atoms with Gasteiger partial charge in [0, 0.05) is 69.7 Å². The van der Waals surface area contributed by atoms with Crippen LogP contribution >= 0.6 is 11.6 Å². The van der Waals surface area contributed by atoms with Gasteiger partial charge in [-0.15, -0.1) is 0 Å². The number of rotatable bonds is 11. The van der Waals surface area contributed by atoms with Gasteiger partial charge in [0.15, 0.2) is 0 Å². The molecule has 0 unspecified atom stereocenters. The first kappa shape index (κ1) is 35.4. The van der Waals surface area contributed by atoms with Crippen LogP contribution in [0.2, 0.25) is 30.7 Å². The van der Waals surface area contributed by atoms with Gasteiger partial charge in [0.05, 0.1) is 23.0 Å². The first-order valence-corrected chi connectivity index (χ1v) is 22.2. The van der Waals surface area contributed by atoms with Crippen LogP contribution in [0.4, 0.5) is 5.69 Å². The SMILES string of the molecule is CC1(C)CCC(CN2CCN(c3ccc(C(N)=O)c(-n4ncc5nc6c(ccn6COCC[Si](C)(C)C)cc54)c3)CC2)=C(c2ccc(Cl)cc2)C1. The summed E-state index contributed by atoms with van der Waals surface area (Å²) >= 11 is 6.24. The summed E-state index contributed by atoms with van der Waals surface area (Å²) in [5, 5.41) is 6.49. The minimum atomic E-state index is -1.16. The number of aromatic nitrogens is 4. The Hall–Kier alpha value is -3.96. The van der Waals surface area contributed by atoms with Crippen molar-refractivity contribution < 1.29 is 9.53 Å². The molecule has 1 aliphatic heterocycles. The smallest absolute Gasteiger partial charge is 0.250 e. The lowest BCUT2D eigenvalue weighted by Gasteiger charge is -2.39. The van der Waals surface area contributed by atoms with E-state index in [1.165, 1.54) is 17.6 Å². The van der Waals surface area contributed by atoms with E-state index in [2.05, 4.69) is 67.6 Å². The lowest BCUT2D eigenvalue weighted by molar-refractivity contribution is 0.0899. The zero-order valence-electron chi connectivity index (χ0n) is 30.6. The Bertz CT molecular complexity index is 2090. The van der Waals surface area contributed by atoms with Gasteiger partial charge >= 0.3 is 0 Å². The molecule has 0 saturated carbocycles. The van der Waals surface area contributed by atoms with E-state index >= 15 is 0 Å². The summed E-state index contributed by atoms with van der Waals surface area (Å²) in [5.41, 5.74) is 15.1. The molecule has 1 fully saturated rings. The lowest BCUT2D eigenvalue weighted by atomic mass is 9.72. The van der Waals surface area contributed by atoms with E-state index in [1.54, 1.807) is 16.5 Å². The average molecular weight is 724 g/mol. The maximum Gasteiger partial charge on any atom is 0.250 e. The zero-order chi connectivity index (χ0) is 35.9. The third kappa shape index (κ3) is 7.94. The largest absolute Gasteiger partial charge is 0.369 e. The van der Waals surface area contributed by atoms with Crippen molar-refractivity contribution in [3.63, 3.8) is 0 Å². The molecule has 1 amide bonds. The van der Waals surface area contributed by atoms with Gasteiger partial charge in [-0.05, 0) is 84.3 Å². The fraction of sp³-hybridized carbons (Fsp3) is 0.425. The number of benzene rings is 2. The van der Waals surface area contributed by atoms with Crippen LogP contribution in [0.5, 0.6) is 0 Å². The van der Waals surface area contributed by atoms with Gasteiger partial charge in [0.1, 0.15) is 17.9 Å². The Morgan fingerprint density at radius 2 is 1.78 bits per heavy atom. The molecule has 51 heavy (non-hydrogen) atoms. The third-order valence-corrected chi connectivity index (χ3v) is 12.5. The Morgan fingerprint density at radius 1 is 1.02 bits per heavy atom. The van der Waals surface area contributed by atoms with E-state index in [4.69, 9.17) is 32.2 Å². The van der Waals surface area contributed by atoms with Gasteiger partial charge in [-0.3, -0.25) is 9.69 Å². The highest BCUT2D eigenvalue weighted by Crippen LogP contribution is 2.43. The number of carbonyl (C=O) groups excluding carboxylic acids is 1. The molecule has 0 bridgehead atoms. The molecule has 268 valence electrons. The fourth-order valence-corrected chi connectivity index (χ4v) is 8.27. The van der Waals surface area contributed by atoms with Crippen LogP contribution in [0.25, 0.3) is 33.3 Å². The second kappa shape index (κ2) is 14.2. The summed E-state index contributed by atoms with van der Waals surface area (Å²) in [7, 11) is -1.16. The number of piperazine rings is 1. The number of anilines is 1. The molecule has 0 atom stereocenters. The quantitative estimate of drug-likeness (QED) is 0.109. The summed E-state index contributed by atoms with van der Waals surface area (Å²) in [5.74, 6) is -0.485. The van der Waals surface area contributed by atoms with E-state index in [0.29, 0.717) is 23.4 Å². The molecule has 2 N–H and O–H groups in total. The van der Waals surface area contributed by atoms with Gasteiger partial charge in [-0.25, -0.2) is 9.67 Å². The first-order chi connectivity index (χ1) is 24.3. The van der Waals surface area contributed by atoms with Crippen molar-refractivity contribution in [3.05, 3.63) is 88.7 Å². The number of primary amides is 1. The van der Waals surface area contributed by atoms with Gasteiger partial charge in [0.25, 0.3) is 5.91 Å². The Balaban J connectivity index is 1.09. The molecule has 2 aliphatic rings. The predicted molar refractivity (Wildman–Crippen MR) is 212 cm³/mol. The van der Waals surface area contributed by atoms with Crippen molar-refractivity contribution in [1.82, 2.24) is 24.2 Å². The van der Waals surface area contributed by atoms with Crippen molar-refractivity contribution >= 4 is 58.9 Å². The molecule has 0 radical (unpaired) electrons. The number of nitrogens with zero attached hydrogens (tertiary/aromatic N) is 6. The molecule has 3 aromatic heterocycles. The van der Waals surface area contributed by atoms with Crippen LogP contribution in [-0.2, 0) is 11.5 Å². The predicted octanol–water partition coefficient (Wildman–Crippen LogP) is 8.23. The summed E-state index contributed by atoms with van der Waals surface area (Å²) in [4.78, 5) is 22.6. The topological polar surface area (TPSA) is 94.4 Å². The normalized spacial score (nSPS) is 17.2. The summed E-state index contributed by atoms with van der Waals surface area (Å²) in [6, 6.07) is 19.5. The molecular weight excluding hydrogens is 674 g/mol. The maximum atomic E-state index is 12.7. The number of hydrogen-bond donors (Lipinski definition) is 1. The fourth-order valence-electron chi connectivity index (χ4n) is 7.39. The minimum Gasteiger partial charge on any atom is -0.369 e. The number of halogens is 1. The highest BCUT2D eigenvalue weighted by Gasteiger charge is 2.29. The van der Waals surface area contributed by atoms with Crippen molar-refractivity contribution in [2.75, 3.05) is 44.2 Å². The van der Waals surface area contributed by atoms with E-state index in [9.17, 15) is 4.79 Å². The van der Waals surface area contributed by atoms with E-state index < -0.39 is 14.0 Å². The number of hydrogen-bond acceptors (Lipinski definition) is 6. The van der Waals surface area contributed by atoms with E-state index in [0.717, 1.165) is 91.0 Å². The molecule has 9 nitrogen and oxygen atoms in total. The number of ether oxygens (including phenoxy) is 1. The second-order valence-electron chi connectivity index (χ2n) is 16.3. The van der Waals surface area contributed by atoms with Crippen LogP contribution < -0.4 is 10.6 Å². The maximum absolute atomic E-state index is 12.7. The van der Waals surface area contributed by atoms with Crippen molar-refractivity contribution in [3.8, 4) is 5.69 Å². The highest BCUT2D eigenvalue weighted by molar-refractivity contribution is 6.76. The van der Waals surface area contributed by atoms with E-state index in [1.807, 2.05) is 41.1 Å². The molecule has 5 aromatic rings. The lowest BCUT2D eigenvalue weighted by Crippen LogP contribution is -2.47. The number of fused-ring (bicyclic) bond motifs is 2. The molecule has 1 saturated heterocycles. The van der Waals surface area contributed by atoms with Crippen molar-refractivity contribution in [2.45, 2.75) is 65.5 Å². The van der Waals surface area contributed by atoms with Crippen LogP contribution in [0.1, 0.15) is 49.0 Å². The van der Waals surface area contributed by atoms with Crippen molar-refractivity contribution in [2.24, 2.45) is 11.1 Å². The second-order valence-corrected chi connectivity index (χ2v) is 22.3. The van der Waals surface area contributed by atoms with Crippen LogP contribution in [0.3, 0.4) is 0 Å². The number of carbonyl (C=O) groups is 1. The van der Waals surface area contributed by atoms with Crippen LogP contribution in [-0.4, -0.2) is 77.5 Å². The summed E-state index contributed by atoms with van der Waals surface area (Å²) < 4.78 is 9.85. The first-order valence-electron chi connectivity index (χ1n) is 18.1. The van der Waals surface area contributed by atoms with Gasteiger partial charge in [-0.1, -0.05) is 62.8 Å². The number of pyridine rings is 1. The van der Waals surface area contributed by atoms with Crippen LogP contribution in [0.15, 0.2) is 72.6 Å². The van der Waals surface area contributed by atoms with Gasteiger partial charge in [0.2, 0.25) is 0 Å². The monoisotopic (exact) mass is 723 g/mol. The zero-order valence-corrected chi connectivity index (χ0v) is 32.3. The standard InChI is InChI=1S/C40H50ClN7O2Si/c1-40(2)14-12-30(34(24-40)28-6-8-31(41)9-7-28)26-45-16-18-46(19-17-45)32-10-11-33(38(42)49)36(23-32)48-37-22-29-13-15-47(27-50-20-21-51(3,4)5)39(29)44-35(37)25-43-48/h6-11,13,15,22-23,25H,12,14,16-21,24,26-27H2,1-5H3,(H2,42,49). The minimum absolute atomic E-state index is 0.292. The molecule has 2 aromatic carbocycles. The molecule has 4 heterocycles. The van der Waals surface area contributed by atoms with Gasteiger partial charge < -0.3 is 19.9 Å². The number of amides is 1. The molecule has 1 aliphatic carbocycles. The highest BCUT2D eigenvalue weighted by atomic mass is 35.5. The van der Waals surface area contributed by atoms with Gasteiger partial charge in [-0.2, -0.15) is 5.10 Å². The Morgan fingerprint density at radius 3 is 2.51 bits per heavy atom. The number of allylic oxidation sites excluding steroid dienone is 1. The van der Waals surface area contributed by atoms with Crippen LogP contribution in [0, 0.1) is 5.41 Å². The summed E-state index contributed by atoms with van der Waals surface area (Å²) in [6.07, 6.45) is 7.19. The van der Waals surface area contributed by atoms with E-state index in [-0.39, 0.29) is 0 Å². The molecule has 11 heteroatoms. The average Bonchev–Trinajstić information content (AvgIpc) is 3.69. The third-order valence-electron chi connectivity index (χ3n) is 10.5. The molecular formula is C40H50ClN7O2Si. The molecule has 7 rings (SSSR count). The Labute approximate surface area is 307 Å². The number of nitrogens with two attached hydrogens (primary N) is 1. The molecule has 0 spiro atoms.